The summed E-state index contributed by atoms with van der Waals surface area (Å²) in [5.74, 6) is -0.113. The minimum Gasteiger partial charge on any atom is -0.343 e. The van der Waals surface area contributed by atoms with Crippen molar-refractivity contribution >= 4 is 5.91 Å². The Balaban J connectivity index is 1.75. The van der Waals surface area contributed by atoms with E-state index in [1.165, 1.54) is 18.5 Å². The van der Waals surface area contributed by atoms with Gasteiger partial charge in [-0.3, -0.25) is 4.79 Å². The van der Waals surface area contributed by atoms with Crippen molar-refractivity contribution in [2.75, 3.05) is 13.1 Å². The van der Waals surface area contributed by atoms with E-state index in [9.17, 15) is 9.18 Å². The normalized spacial score (nSPS) is 18.8. The van der Waals surface area contributed by atoms with Gasteiger partial charge in [0, 0.05) is 19.0 Å². The molecule has 2 aromatic rings. The van der Waals surface area contributed by atoms with Crippen LogP contribution >= 0.6 is 0 Å². The summed E-state index contributed by atoms with van der Waals surface area (Å²) in [6.07, 6.45) is 2.04. The topological polar surface area (TPSA) is 59.2 Å². The zero-order valence-electron chi connectivity index (χ0n) is 10.1. The third-order valence-corrected chi connectivity index (χ3v) is 3.32. The lowest BCUT2D eigenvalue weighted by molar-refractivity contribution is 0.0786. The van der Waals surface area contributed by atoms with Gasteiger partial charge in [0.25, 0.3) is 5.91 Å². The van der Waals surface area contributed by atoms with Crippen LogP contribution in [0.5, 0.6) is 0 Å². The third kappa shape index (κ3) is 2.21. The summed E-state index contributed by atoms with van der Waals surface area (Å²) in [5, 5.41) is 3.78. The van der Waals surface area contributed by atoms with Gasteiger partial charge >= 0.3 is 0 Å². The molecule has 19 heavy (non-hydrogen) atoms. The van der Waals surface area contributed by atoms with Crippen molar-refractivity contribution in [3.8, 4) is 0 Å². The zero-order chi connectivity index (χ0) is 13.2. The molecular weight excluding hydrogens is 249 g/mol. The van der Waals surface area contributed by atoms with Crippen molar-refractivity contribution in [1.29, 1.82) is 0 Å². The van der Waals surface area contributed by atoms with Gasteiger partial charge < -0.3 is 9.42 Å². The van der Waals surface area contributed by atoms with Crippen molar-refractivity contribution in [3.05, 3.63) is 47.9 Å². The Bertz CT molecular complexity index is 585. The lowest BCUT2D eigenvalue weighted by Crippen LogP contribution is -2.29. The van der Waals surface area contributed by atoms with Crippen molar-refractivity contribution in [2.45, 2.75) is 12.3 Å². The first-order valence-corrected chi connectivity index (χ1v) is 6.06. The maximum absolute atomic E-state index is 13.6. The van der Waals surface area contributed by atoms with E-state index in [2.05, 4.69) is 10.1 Å². The molecule has 1 atom stereocenters. The summed E-state index contributed by atoms with van der Waals surface area (Å²) in [6.45, 7) is 1.07. The Morgan fingerprint density at radius 2 is 2.26 bits per heavy atom. The standard InChI is InChI=1S/C13H12FN3O2/c14-11-4-2-1-3-10(11)13(18)17-6-5-9(7-17)12-15-8-19-16-12/h1-4,8-9H,5-7H2/t9-/m0/s1. The minimum atomic E-state index is -0.490. The number of likely N-dealkylation sites (tertiary alicyclic amines) is 1. The number of carbonyl (C=O) groups excluding carboxylic acids is 1. The third-order valence-electron chi connectivity index (χ3n) is 3.32. The number of aromatic nitrogens is 2. The molecule has 3 rings (SSSR count). The summed E-state index contributed by atoms with van der Waals surface area (Å²) in [5.41, 5.74) is 0.108. The molecule has 6 heteroatoms. The second kappa shape index (κ2) is 4.79. The first-order valence-electron chi connectivity index (χ1n) is 6.06. The van der Waals surface area contributed by atoms with E-state index in [4.69, 9.17) is 4.52 Å². The van der Waals surface area contributed by atoms with Gasteiger partial charge in [0.05, 0.1) is 5.56 Å². The molecule has 1 amide bonds. The van der Waals surface area contributed by atoms with E-state index in [1.54, 1.807) is 17.0 Å². The Kier molecular flexibility index (Phi) is 2.98. The summed E-state index contributed by atoms with van der Waals surface area (Å²) >= 11 is 0. The van der Waals surface area contributed by atoms with E-state index in [0.29, 0.717) is 18.9 Å². The number of rotatable bonds is 2. The van der Waals surface area contributed by atoms with Crippen LogP contribution in [-0.2, 0) is 0 Å². The van der Waals surface area contributed by atoms with Crippen LogP contribution in [0, 0.1) is 5.82 Å². The number of nitrogens with zero attached hydrogens (tertiary/aromatic N) is 3. The Hall–Kier alpha value is -2.24. The molecule has 1 saturated heterocycles. The van der Waals surface area contributed by atoms with Gasteiger partial charge in [-0.25, -0.2) is 4.39 Å². The monoisotopic (exact) mass is 261 g/mol. The summed E-state index contributed by atoms with van der Waals surface area (Å²) < 4.78 is 18.3. The lowest BCUT2D eigenvalue weighted by atomic mass is 10.1. The molecule has 0 radical (unpaired) electrons. The fourth-order valence-corrected chi connectivity index (χ4v) is 2.32. The largest absolute Gasteiger partial charge is 0.343 e. The zero-order valence-corrected chi connectivity index (χ0v) is 10.1. The second-order valence-electron chi connectivity index (χ2n) is 4.51. The average molecular weight is 261 g/mol. The van der Waals surface area contributed by atoms with Gasteiger partial charge in [-0.1, -0.05) is 17.3 Å². The van der Waals surface area contributed by atoms with Crippen LogP contribution in [0.2, 0.25) is 0 Å². The molecule has 5 nitrogen and oxygen atoms in total. The molecular formula is C13H12FN3O2. The van der Waals surface area contributed by atoms with Crippen LogP contribution in [0.15, 0.2) is 35.2 Å². The van der Waals surface area contributed by atoms with Crippen molar-refractivity contribution in [2.24, 2.45) is 0 Å². The molecule has 1 aromatic carbocycles. The van der Waals surface area contributed by atoms with Crippen LogP contribution in [-0.4, -0.2) is 34.0 Å². The minimum absolute atomic E-state index is 0.0643. The van der Waals surface area contributed by atoms with Crippen LogP contribution < -0.4 is 0 Å². The van der Waals surface area contributed by atoms with Crippen molar-refractivity contribution in [3.63, 3.8) is 0 Å². The number of amides is 1. The number of halogens is 1. The molecule has 2 heterocycles. The molecule has 98 valence electrons. The Morgan fingerprint density at radius 3 is 3.00 bits per heavy atom. The molecule has 0 N–H and O–H groups in total. The lowest BCUT2D eigenvalue weighted by Gasteiger charge is -2.16. The highest BCUT2D eigenvalue weighted by Crippen LogP contribution is 2.26. The van der Waals surface area contributed by atoms with Crippen LogP contribution in [0.3, 0.4) is 0 Å². The smallest absolute Gasteiger partial charge is 0.256 e. The first kappa shape index (κ1) is 11.8. The molecule has 1 aliphatic heterocycles. The predicted octanol–water partition coefficient (Wildman–Crippen LogP) is 1.84. The van der Waals surface area contributed by atoms with E-state index in [-0.39, 0.29) is 17.4 Å². The fraction of sp³-hybridized carbons (Fsp3) is 0.308. The SMILES string of the molecule is O=C(c1ccccc1F)N1CC[C@H](c2ncon2)C1. The summed E-state index contributed by atoms with van der Waals surface area (Å²) in [6, 6.07) is 6.01. The molecule has 0 unspecified atom stereocenters. The maximum Gasteiger partial charge on any atom is 0.256 e. The number of hydrogen-bond donors (Lipinski definition) is 0. The molecule has 1 aliphatic rings. The van der Waals surface area contributed by atoms with E-state index >= 15 is 0 Å². The van der Waals surface area contributed by atoms with Crippen molar-refractivity contribution < 1.29 is 13.7 Å². The highest BCUT2D eigenvalue weighted by atomic mass is 19.1. The quantitative estimate of drug-likeness (QED) is 0.827. The van der Waals surface area contributed by atoms with E-state index in [1.807, 2.05) is 0 Å². The highest BCUT2D eigenvalue weighted by molar-refractivity contribution is 5.94. The first-order chi connectivity index (χ1) is 9.25. The van der Waals surface area contributed by atoms with Gasteiger partial charge in [-0.05, 0) is 18.6 Å². The highest BCUT2D eigenvalue weighted by Gasteiger charge is 2.31. The van der Waals surface area contributed by atoms with Crippen LogP contribution in [0.25, 0.3) is 0 Å². The van der Waals surface area contributed by atoms with Gasteiger partial charge in [-0.2, -0.15) is 4.98 Å². The second-order valence-corrected chi connectivity index (χ2v) is 4.51. The maximum atomic E-state index is 13.6. The Morgan fingerprint density at radius 1 is 1.42 bits per heavy atom. The van der Waals surface area contributed by atoms with Crippen LogP contribution in [0.4, 0.5) is 4.39 Å². The molecule has 0 saturated carbocycles. The van der Waals surface area contributed by atoms with Gasteiger partial charge in [0.15, 0.2) is 5.82 Å². The summed E-state index contributed by atoms with van der Waals surface area (Å²) in [4.78, 5) is 17.8. The number of hydrogen-bond acceptors (Lipinski definition) is 4. The fourth-order valence-electron chi connectivity index (χ4n) is 2.32. The predicted molar refractivity (Wildman–Crippen MR) is 64.0 cm³/mol. The number of benzene rings is 1. The molecule has 0 aliphatic carbocycles. The molecule has 1 aromatic heterocycles. The molecule has 1 fully saturated rings. The molecule has 0 spiro atoms. The van der Waals surface area contributed by atoms with Gasteiger partial charge in [0.2, 0.25) is 6.39 Å². The average Bonchev–Trinajstić information content (AvgIpc) is 3.09. The van der Waals surface area contributed by atoms with Crippen LogP contribution in [0.1, 0.15) is 28.5 Å². The summed E-state index contributed by atoms with van der Waals surface area (Å²) in [7, 11) is 0. The van der Waals surface area contributed by atoms with Gasteiger partial charge in [-0.15, -0.1) is 0 Å². The van der Waals surface area contributed by atoms with Gasteiger partial charge in [0.1, 0.15) is 5.82 Å². The van der Waals surface area contributed by atoms with E-state index in [0.717, 1.165) is 6.42 Å². The van der Waals surface area contributed by atoms with E-state index < -0.39 is 5.82 Å². The Labute approximate surface area is 109 Å². The van der Waals surface area contributed by atoms with Crippen molar-refractivity contribution in [1.82, 2.24) is 15.0 Å². The molecule has 0 bridgehead atoms. The number of carbonyl (C=O) groups is 1.